The maximum absolute atomic E-state index is 11.1. The molecule has 2 aromatic heterocycles. The van der Waals surface area contributed by atoms with Crippen LogP contribution in [-0.4, -0.2) is 27.3 Å². The Bertz CT molecular complexity index is 474. The number of amides is 1. The summed E-state index contributed by atoms with van der Waals surface area (Å²) in [5, 5.41) is 0. The molecule has 0 aliphatic carbocycles. The van der Waals surface area contributed by atoms with Crippen LogP contribution in [-0.2, 0) is 17.9 Å². The summed E-state index contributed by atoms with van der Waals surface area (Å²) in [6.45, 7) is 1.33. The van der Waals surface area contributed by atoms with Crippen LogP contribution in [0.5, 0.6) is 0 Å². The number of hydrogen-bond acceptors (Lipinski definition) is 4. The number of hydrogen-bond donors (Lipinski definition) is 1. The molecule has 0 bridgehead atoms. The van der Waals surface area contributed by atoms with Crippen molar-refractivity contribution in [2.75, 3.05) is 6.54 Å². The molecule has 0 aliphatic heterocycles. The van der Waals surface area contributed by atoms with Gasteiger partial charge in [-0.1, -0.05) is 12.1 Å². The zero-order valence-corrected chi connectivity index (χ0v) is 10.6. The highest BCUT2D eigenvalue weighted by Gasteiger charge is 2.11. The molecule has 0 aromatic carbocycles. The van der Waals surface area contributed by atoms with Gasteiger partial charge in [-0.3, -0.25) is 19.7 Å². The lowest BCUT2D eigenvalue weighted by atomic mass is 10.3. The molecule has 2 aromatic rings. The van der Waals surface area contributed by atoms with E-state index in [9.17, 15) is 4.79 Å². The van der Waals surface area contributed by atoms with E-state index in [4.69, 9.17) is 5.73 Å². The first kappa shape index (κ1) is 13.2. The van der Waals surface area contributed by atoms with Crippen molar-refractivity contribution in [2.24, 2.45) is 5.73 Å². The molecule has 0 radical (unpaired) electrons. The molecule has 5 heteroatoms. The van der Waals surface area contributed by atoms with Gasteiger partial charge in [0.2, 0.25) is 5.91 Å². The van der Waals surface area contributed by atoms with Crippen LogP contribution < -0.4 is 5.73 Å². The fourth-order valence-corrected chi connectivity index (χ4v) is 1.83. The van der Waals surface area contributed by atoms with Crippen LogP contribution in [0.15, 0.2) is 48.8 Å². The Hall–Kier alpha value is -2.27. The Kier molecular flexibility index (Phi) is 4.58. The Morgan fingerprint density at radius 3 is 1.89 bits per heavy atom. The third-order valence-corrected chi connectivity index (χ3v) is 2.60. The summed E-state index contributed by atoms with van der Waals surface area (Å²) in [5.74, 6) is -0.355. The number of pyridine rings is 2. The molecule has 0 aliphatic rings. The first-order chi connectivity index (χ1) is 9.24. The van der Waals surface area contributed by atoms with Crippen molar-refractivity contribution in [1.29, 1.82) is 0 Å². The average molecular weight is 256 g/mol. The number of carbonyl (C=O) groups excluding carboxylic acids is 1. The van der Waals surface area contributed by atoms with Gasteiger partial charge in [-0.05, 0) is 24.3 Å². The summed E-state index contributed by atoms with van der Waals surface area (Å²) in [6, 6.07) is 11.4. The second kappa shape index (κ2) is 6.61. The van der Waals surface area contributed by atoms with E-state index in [1.807, 2.05) is 41.3 Å². The van der Waals surface area contributed by atoms with E-state index in [-0.39, 0.29) is 12.5 Å². The van der Waals surface area contributed by atoms with Gasteiger partial charge in [0.1, 0.15) is 0 Å². The fourth-order valence-electron chi connectivity index (χ4n) is 1.83. The molecule has 2 N–H and O–H groups in total. The summed E-state index contributed by atoms with van der Waals surface area (Å²) in [7, 11) is 0. The molecular formula is C14H16N4O. The first-order valence-electron chi connectivity index (χ1n) is 6.04. The second-order valence-corrected chi connectivity index (χ2v) is 4.25. The van der Waals surface area contributed by atoms with Gasteiger partial charge < -0.3 is 5.73 Å². The predicted molar refractivity (Wildman–Crippen MR) is 71.8 cm³/mol. The quantitative estimate of drug-likeness (QED) is 0.835. The summed E-state index contributed by atoms with van der Waals surface area (Å²) in [5.41, 5.74) is 7.08. The molecule has 98 valence electrons. The lowest BCUT2D eigenvalue weighted by Gasteiger charge is -2.19. The van der Waals surface area contributed by atoms with E-state index >= 15 is 0 Å². The molecule has 0 fully saturated rings. The minimum absolute atomic E-state index is 0.188. The Morgan fingerprint density at radius 2 is 1.53 bits per heavy atom. The average Bonchev–Trinajstić information content (AvgIpc) is 2.40. The number of nitrogens with two attached hydrogens (primary N) is 1. The number of nitrogens with zero attached hydrogens (tertiary/aromatic N) is 3. The summed E-state index contributed by atoms with van der Waals surface area (Å²) < 4.78 is 0. The van der Waals surface area contributed by atoms with E-state index < -0.39 is 0 Å². The van der Waals surface area contributed by atoms with Crippen LogP contribution in [0, 0.1) is 0 Å². The number of primary amides is 1. The summed E-state index contributed by atoms with van der Waals surface area (Å²) in [4.78, 5) is 21.6. The van der Waals surface area contributed by atoms with Gasteiger partial charge in [0.25, 0.3) is 0 Å². The van der Waals surface area contributed by atoms with Crippen LogP contribution in [0.3, 0.4) is 0 Å². The molecule has 19 heavy (non-hydrogen) atoms. The number of carbonyl (C=O) groups is 1. The van der Waals surface area contributed by atoms with E-state index in [0.29, 0.717) is 13.1 Å². The molecule has 1 amide bonds. The lowest BCUT2D eigenvalue weighted by molar-refractivity contribution is -0.119. The van der Waals surface area contributed by atoms with Gasteiger partial charge in [0, 0.05) is 25.5 Å². The van der Waals surface area contributed by atoms with Gasteiger partial charge in [-0.25, -0.2) is 0 Å². The van der Waals surface area contributed by atoms with Crippen molar-refractivity contribution in [2.45, 2.75) is 13.1 Å². The van der Waals surface area contributed by atoms with Gasteiger partial charge in [0.05, 0.1) is 17.9 Å². The lowest BCUT2D eigenvalue weighted by Crippen LogP contribution is -2.33. The molecule has 5 nitrogen and oxygen atoms in total. The van der Waals surface area contributed by atoms with Crippen LogP contribution in [0.25, 0.3) is 0 Å². The minimum atomic E-state index is -0.355. The van der Waals surface area contributed by atoms with Crippen LogP contribution >= 0.6 is 0 Å². The highest BCUT2D eigenvalue weighted by molar-refractivity contribution is 5.75. The molecule has 0 saturated heterocycles. The van der Waals surface area contributed by atoms with Crippen molar-refractivity contribution in [1.82, 2.24) is 14.9 Å². The standard InChI is InChI=1S/C14H16N4O/c15-14(19)11-18(9-12-5-1-3-7-16-12)10-13-6-2-4-8-17-13/h1-8H,9-11H2,(H2,15,19). The van der Waals surface area contributed by atoms with Crippen LogP contribution in [0.1, 0.15) is 11.4 Å². The van der Waals surface area contributed by atoms with Crippen molar-refractivity contribution in [3.63, 3.8) is 0 Å². The third-order valence-electron chi connectivity index (χ3n) is 2.60. The SMILES string of the molecule is NC(=O)CN(Cc1ccccn1)Cc1ccccn1. The predicted octanol–water partition coefficient (Wildman–Crippen LogP) is 0.964. The Labute approximate surface area is 112 Å². The van der Waals surface area contributed by atoms with Crippen molar-refractivity contribution >= 4 is 5.91 Å². The van der Waals surface area contributed by atoms with Gasteiger partial charge >= 0.3 is 0 Å². The van der Waals surface area contributed by atoms with E-state index in [0.717, 1.165) is 11.4 Å². The molecule has 0 saturated carbocycles. The number of rotatable bonds is 6. The van der Waals surface area contributed by atoms with Gasteiger partial charge in [-0.15, -0.1) is 0 Å². The van der Waals surface area contributed by atoms with Crippen LogP contribution in [0.4, 0.5) is 0 Å². The molecule has 0 unspecified atom stereocenters. The van der Waals surface area contributed by atoms with Crippen molar-refractivity contribution in [3.8, 4) is 0 Å². The fraction of sp³-hybridized carbons (Fsp3) is 0.214. The topological polar surface area (TPSA) is 72.1 Å². The highest BCUT2D eigenvalue weighted by atomic mass is 16.1. The third kappa shape index (κ3) is 4.48. The normalized spacial score (nSPS) is 10.6. The van der Waals surface area contributed by atoms with Crippen LogP contribution in [0.2, 0.25) is 0 Å². The first-order valence-corrected chi connectivity index (χ1v) is 6.04. The van der Waals surface area contributed by atoms with E-state index in [1.54, 1.807) is 12.4 Å². The van der Waals surface area contributed by atoms with Crippen molar-refractivity contribution < 1.29 is 4.79 Å². The molecule has 2 rings (SSSR count). The molecule has 0 atom stereocenters. The molecule has 2 heterocycles. The summed E-state index contributed by atoms with van der Waals surface area (Å²) in [6.07, 6.45) is 3.47. The second-order valence-electron chi connectivity index (χ2n) is 4.25. The zero-order valence-electron chi connectivity index (χ0n) is 10.6. The minimum Gasteiger partial charge on any atom is -0.369 e. The van der Waals surface area contributed by atoms with Gasteiger partial charge in [-0.2, -0.15) is 0 Å². The maximum Gasteiger partial charge on any atom is 0.231 e. The molecule has 0 spiro atoms. The van der Waals surface area contributed by atoms with E-state index in [1.165, 1.54) is 0 Å². The largest absolute Gasteiger partial charge is 0.369 e. The van der Waals surface area contributed by atoms with Gasteiger partial charge in [0.15, 0.2) is 0 Å². The van der Waals surface area contributed by atoms with Crippen molar-refractivity contribution in [3.05, 3.63) is 60.2 Å². The molecular weight excluding hydrogens is 240 g/mol. The monoisotopic (exact) mass is 256 g/mol. The Balaban J connectivity index is 2.06. The smallest absolute Gasteiger partial charge is 0.231 e. The maximum atomic E-state index is 11.1. The Morgan fingerprint density at radius 1 is 1.00 bits per heavy atom. The summed E-state index contributed by atoms with van der Waals surface area (Å²) >= 11 is 0. The zero-order chi connectivity index (χ0) is 13.5. The number of aromatic nitrogens is 2. The highest BCUT2D eigenvalue weighted by Crippen LogP contribution is 2.06. The van der Waals surface area contributed by atoms with E-state index in [2.05, 4.69) is 9.97 Å².